The van der Waals surface area contributed by atoms with Crippen LogP contribution in [-0.4, -0.2) is 12.0 Å². The maximum Gasteiger partial charge on any atom is 0.396 e. The van der Waals surface area contributed by atoms with E-state index in [0.717, 1.165) is 16.8 Å². The second-order valence-corrected chi connectivity index (χ2v) is 6.53. The summed E-state index contributed by atoms with van der Waals surface area (Å²) in [6.07, 6.45) is 1.74. The topological polar surface area (TPSA) is 59.9 Å². The summed E-state index contributed by atoms with van der Waals surface area (Å²) >= 11 is 0. The fourth-order valence-electron chi connectivity index (χ4n) is 3.39. The van der Waals surface area contributed by atoms with Crippen LogP contribution >= 0.6 is 0 Å². The van der Waals surface area contributed by atoms with Crippen LogP contribution in [0.15, 0.2) is 96.0 Å². The number of nitrogens with zero attached hydrogens (tertiary/aromatic N) is 1. The molecule has 1 N–H and O–H groups in total. The largest absolute Gasteiger partial charge is 0.424 e. The normalized spacial score (nSPS) is 21.5. The number of carbonyl (C=O) groups is 1. The minimum atomic E-state index is -1.33. The Morgan fingerprint density at radius 3 is 2.29 bits per heavy atom. The number of benzene rings is 3. The highest BCUT2D eigenvalue weighted by Gasteiger charge is 2.51. The van der Waals surface area contributed by atoms with Crippen LogP contribution in [0.4, 0.5) is 11.4 Å². The standard InChI is InChI=1S/C23H16N2O3/c26-21-23(18-13-7-8-14-19(18)25-21)15-20(16-9-3-1-4-10-16)27-22(28-23)24-17-11-5-2-6-12-17/h1-15H,(H,25,26)/t23-/m0/s1. The van der Waals surface area contributed by atoms with Gasteiger partial charge in [-0.25, -0.2) is 0 Å². The van der Waals surface area contributed by atoms with E-state index >= 15 is 0 Å². The first-order valence-corrected chi connectivity index (χ1v) is 8.94. The second kappa shape index (κ2) is 6.39. The van der Waals surface area contributed by atoms with E-state index in [4.69, 9.17) is 9.47 Å². The molecule has 0 fully saturated rings. The first-order valence-electron chi connectivity index (χ1n) is 8.94. The molecule has 0 saturated heterocycles. The minimum absolute atomic E-state index is 0.0272. The molecule has 5 rings (SSSR count). The SMILES string of the molecule is O=C1Nc2ccccc2[C@@]12C=C(c1ccccc1)OC(=Nc1ccccc1)O2. The molecule has 1 amide bonds. The molecule has 0 aliphatic carbocycles. The number of ether oxygens (including phenoxy) is 2. The van der Waals surface area contributed by atoms with Gasteiger partial charge in [-0.15, -0.1) is 0 Å². The molecule has 28 heavy (non-hydrogen) atoms. The monoisotopic (exact) mass is 368 g/mol. The molecule has 2 aliphatic rings. The zero-order valence-corrected chi connectivity index (χ0v) is 14.8. The molecule has 5 nitrogen and oxygen atoms in total. The summed E-state index contributed by atoms with van der Waals surface area (Å²) in [5, 5.41) is 2.90. The Labute approximate surface area is 162 Å². The zero-order valence-electron chi connectivity index (χ0n) is 14.8. The Bertz CT molecular complexity index is 1110. The van der Waals surface area contributed by atoms with Crippen molar-refractivity contribution < 1.29 is 14.3 Å². The molecule has 136 valence electrons. The van der Waals surface area contributed by atoms with Crippen molar-refractivity contribution in [2.45, 2.75) is 5.60 Å². The van der Waals surface area contributed by atoms with Crippen LogP contribution < -0.4 is 5.32 Å². The molecule has 0 saturated carbocycles. The molecule has 0 bridgehead atoms. The van der Waals surface area contributed by atoms with Crippen LogP contribution in [0.3, 0.4) is 0 Å². The van der Waals surface area contributed by atoms with Gasteiger partial charge in [-0.05, 0) is 18.2 Å². The number of hydrogen-bond donors (Lipinski definition) is 1. The van der Waals surface area contributed by atoms with Crippen LogP contribution in [0, 0.1) is 0 Å². The number of fused-ring (bicyclic) bond motifs is 2. The van der Waals surface area contributed by atoms with Gasteiger partial charge in [0.15, 0.2) is 0 Å². The summed E-state index contributed by atoms with van der Waals surface area (Å²) in [5.74, 6) is 0.250. The number of rotatable bonds is 2. The van der Waals surface area contributed by atoms with Gasteiger partial charge in [0.1, 0.15) is 5.76 Å². The molecule has 0 aromatic heterocycles. The zero-order chi connectivity index (χ0) is 19.0. The number of amides is 1. The number of nitrogens with one attached hydrogen (secondary N) is 1. The minimum Gasteiger partial charge on any atom is -0.424 e. The van der Waals surface area contributed by atoms with E-state index in [2.05, 4.69) is 10.3 Å². The molecule has 3 aromatic carbocycles. The quantitative estimate of drug-likeness (QED) is 0.719. The van der Waals surface area contributed by atoms with Crippen LogP contribution in [0.1, 0.15) is 11.1 Å². The van der Waals surface area contributed by atoms with Gasteiger partial charge < -0.3 is 14.8 Å². The predicted octanol–water partition coefficient (Wildman–Crippen LogP) is 4.61. The van der Waals surface area contributed by atoms with Crippen molar-refractivity contribution in [2.75, 3.05) is 5.32 Å². The van der Waals surface area contributed by atoms with Crippen LogP contribution in [0.5, 0.6) is 0 Å². The third-order valence-electron chi connectivity index (χ3n) is 4.73. The first kappa shape index (κ1) is 16.3. The van der Waals surface area contributed by atoms with Crippen LogP contribution in [0.25, 0.3) is 5.76 Å². The molecular weight excluding hydrogens is 352 g/mol. The van der Waals surface area contributed by atoms with E-state index in [0.29, 0.717) is 11.4 Å². The van der Waals surface area contributed by atoms with Crippen molar-refractivity contribution in [1.82, 2.24) is 0 Å². The lowest BCUT2D eigenvalue weighted by atomic mass is 9.92. The van der Waals surface area contributed by atoms with Crippen molar-refractivity contribution in [3.05, 3.63) is 102 Å². The summed E-state index contributed by atoms with van der Waals surface area (Å²) < 4.78 is 12.0. The van der Waals surface area contributed by atoms with Crippen molar-refractivity contribution in [3.63, 3.8) is 0 Å². The smallest absolute Gasteiger partial charge is 0.396 e. The van der Waals surface area contributed by atoms with Crippen LogP contribution in [-0.2, 0) is 19.9 Å². The van der Waals surface area contributed by atoms with Gasteiger partial charge in [-0.3, -0.25) is 4.79 Å². The van der Waals surface area contributed by atoms with E-state index < -0.39 is 5.60 Å². The number of anilines is 1. The molecule has 3 aromatic rings. The summed E-state index contributed by atoms with van der Waals surface area (Å²) in [6.45, 7) is 0. The Balaban J connectivity index is 1.68. The lowest BCUT2D eigenvalue weighted by molar-refractivity contribution is -0.129. The highest BCUT2D eigenvalue weighted by atomic mass is 16.7. The summed E-state index contributed by atoms with van der Waals surface area (Å²) in [7, 11) is 0. The number of aliphatic imine (C=N–C) groups is 1. The lowest BCUT2D eigenvalue weighted by Gasteiger charge is -2.31. The summed E-state index contributed by atoms with van der Waals surface area (Å²) in [5.41, 5.74) is 1.64. The van der Waals surface area contributed by atoms with Gasteiger partial charge in [-0.1, -0.05) is 66.7 Å². The van der Waals surface area contributed by atoms with E-state index in [1.54, 1.807) is 6.08 Å². The average molecular weight is 368 g/mol. The van der Waals surface area contributed by atoms with Gasteiger partial charge in [0.25, 0.3) is 5.91 Å². The van der Waals surface area contributed by atoms with Gasteiger partial charge >= 0.3 is 6.08 Å². The molecule has 1 atom stereocenters. The number of carbonyl (C=O) groups excluding carboxylic acids is 1. The average Bonchev–Trinajstić information content (AvgIpc) is 3.00. The number of hydrogen-bond acceptors (Lipinski definition) is 4. The van der Waals surface area contributed by atoms with E-state index in [1.165, 1.54) is 0 Å². The highest BCUT2D eigenvalue weighted by molar-refractivity contribution is 6.09. The lowest BCUT2D eigenvalue weighted by Crippen LogP contribution is -2.41. The van der Waals surface area contributed by atoms with Gasteiger partial charge in [-0.2, -0.15) is 4.99 Å². The maximum atomic E-state index is 13.0. The molecular formula is C23H16N2O3. The molecule has 0 radical (unpaired) electrons. The van der Waals surface area contributed by atoms with Gasteiger partial charge in [0, 0.05) is 22.9 Å². The predicted molar refractivity (Wildman–Crippen MR) is 107 cm³/mol. The fourth-order valence-corrected chi connectivity index (χ4v) is 3.39. The third kappa shape index (κ3) is 2.65. The molecule has 5 heteroatoms. The highest BCUT2D eigenvalue weighted by Crippen LogP contribution is 2.44. The van der Waals surface area contributed by atoms with Crippen molar-refractivity contribution in [3.8, 4) is 0 Å². The second-order valence-electron chi connectivity index (χ2n) is 6.53. The Morgan fingerprint density at radius 2 is 1.50 bits per heavy atom. The third-order valence-corrected chi connectivity index (χ3v) is 4.73. The Kier molecular flexibility index (Phi) is 3.72. The van der Waals surface area contributed by atoms with Crippen molar-refractivity contribution in [2.24, 2.45) is 4.99 Å². The van der Waals surface area contributed by atoms with Crippen molar-refractivity contribution in [1.29, 1.82) is 0 Å². The Hall–Kier alpha value is -3.86. The molecule has 2 heterocycles. The Morgan fingerprint density at radius 1 is 0.821 bits per heavy atom. The van der Waals surface area contributed by atoms with E-state index in [9.17, 15) is 4.79 Å². The van der Waals surface area contributed by atoms with Crippen molar-refractivity contribution >= 4 is 29.1 Å². The van der Waals surface area contributed by atoms with E-state index in [-0.39, 0.29) is 12.0 Å². The van der Waals surface area contributed by atoms with Crippen LogP contribution in [0.2, 0.25) is 0 Å². The number of para-hydroxylation sites is 2. The summed E-state index contributed by atoms with van der Waals surface area (Å²) in [4.78, 5) is 17.5. The first-order chi connectivity index (χ1) is 13.7. The molecule has 0 unspecified atom stereocenters. The molecule has 1 spiro atoms. The van der Waals surface area contributed by atoms with Gasteiger partial charge in [0.05, 0.1) is 5.69 Å². The fraction of sp³-hybridized carbons (Fsp3) is 0.0435. The maximum absolute atomic E-state index is 13.0. The van der Waals surface area contributed by atoms with Gasteiger partial charge in [0.2, 0.25) is 5.60 Å². The molecule has 2 aliphatic heterocycles. The van der Waals surface area contributed by atoms with E-state index in [1.807, 2.05) is 84.9 Å². The summed E-state index contributed by atoms with van der Waals surface area (Å²) in [6, 6.07) is 26.4.